The number of unbranched alkanes of at least 4 members (excludes halogenated alkanes) is 2. The number of hydrogen-bond acceptors (Lipinski definition) is 2. The summed E-state index contributed by atoms with van der Waals surface area (Å²) in [6, 6.07) is 8.44. The predicted octanol–water partition coefficient (Wildman–Crippen LogP) is 5.10. The minimum atomic E-state index is 0.273. The molecule has 1 fully saturated rings. The summed E-state index contributed by atoms with van der Waals surface area (Å²) in [5.41, 5.74) is 2.36. The maximum atomic E-state index is 12.2. The Morgan fingerprint density at radius 3 is 2.70 bits per heavy atom. The van der Waals surface area contributed by atoms with Crippen LogP contribution in [0.2, 0.25) is 0 Å². The van der Waals surface area contributed by atoms with Crippen LogP contribution in [0.4, 0.5) is 0 Å². The van der Waals surface area contributed by atoms with Crippen molar-refractivity contribution in [2.75, 3.05) is 6.54 Å². The lowest BCUT2D eigenvalue weighted by Crippen LogP contribution is -2.32. The summed E-state index contributed by atoms with van der Waals surface area (Å²) in [5, 5.41) is 3.15. The Morgan fingerprint density at radius 1 is 1.15 bits per heavy atom. The number of carbonyl (C=O) groups is 1. The molecule has 1 aliphatic carbocycles. The summed E-state index contributed by atoms with van der Waals surface area (Å²) in [4.78, 5) is 17.0. The van der Waals surface area contributed by atoms with E-state index in [1.54, 1.807) is 0 Å². The van der Waals surface area contributed by atoms with Gasteiger partial charge in [0.2, 0.25) is 5.91 Å². The molecule has 0 unspecified atom stereocenters. The van der Waals surface area contributed by atoms with Crippen molar-refractivity contribution in [2.24, 2.45) is 11.8 Å². The summed E-state index contributed by atoms with van der Waals surface area (Å²) >= 11 is 0. The first-order valence-electron chi connectivity index (χ1n) is 10.9. The third-order valence-electron chi connectivity index (χ3n) is 5.63. The Bertz CT molecular complexity index is 728. The number of aryl methyl sites for hydroxylation is 1. The molecule has 1 aromatic heterocycles. The SMILES string of the molecule is CC(C)Cn1c(CCCCCNC(=O)C2CCCCC2)nc2ccccc21. The second-order valence-corrected chi connectivity index (χ2v) is 8.46. The van der Waals surface area contributed by atoms with E-state index < -0.39 is 0 Å². The molecule has 1 N–H and O–H groups in total. The van der Waals surface area contributed by atoms with Gasteiger partial charge in [-0.1, -0.05) is 51.7 Å². The monoisotopic (exact) mass is 369 g/mol. The second-order valence-electron chi connectivity index (χ2n) is 8.46. The van der Waals surface area contributed by atoms with Crippen LogP contribution in [-0.2, 0) is 17.8 Å². The van der Waals surface area contributed by atoms with Crippen molar-refractivity contribution in [1.82, 2.24) is 14.9 Å². The van der Waals surface area contributed by atoms with Crippen molar-refractivity contribution in [3.63, 3.8) is 0 Å². The Labute approximate surface area is 163 Å². The molecule has 1 saturated carbocycles. The van der Waals surface area contributed by atoms with E-state index in [-0.39, 0.29) is 11.8 Å². The molecule has 0 bridgehead atoms. The zero-order chi connectivity index (χ0) is 19.1. The smallest absolute Gasteiger partial charge is 0.223 e. The molecular formula is C23H35N3O. The van der Waals surface area contributed by atoms with Crippen LogP contribution in [0.3, 0.4) is 0 Å². The van der Waals surface area contributed by atoms with Crippen molar-refractivity contribution in [3.8, 4) is 0 Å². The molecular weight excluding hydrogens is 334 g/mol. The molecule has 27 heavy (non-hydrogen) atoms. The standard InChI is InChI=1S/C23H35N3O/c1-18(2)17-26-21-14-9-8-13-20(21)25-22(26)15-7-4-10-16-24-23(27)19-11-5-3-6-12-19/h8-9,13-14,18-19H,3-7,10-12,15-17H2,1-2H3,(H,24,27). The molecule has 1 heterocycles. The van der Waals surface area contributed by atoms with Gasteiger partial charge in [-0.2, -0.15) is 0 Å². The van der Waals surface area contributed by atoms with Crippen LogP contribution in [0.1, 0.15) is 71.0 Å². The molecule has 1 amide bonds. The first-order valence-corrected chi connectivity index (χ1v) is 10.9. The van der Waals surface area contributed by atoms with Crippen molar-refractivity contribution < 1.29 is 4.79 Å². The van der Waals surface area contributed by atoms with E-state index in [9.17, 15) is 4.79 Å². The first-order chi connectivity index (χ1) is 13.1. The fourth-order valence-electron chi connectivity index (χ4n) is 4.19. The first kappa shape index (κ1) is 19.9. The van der Waals surface area contributed by atoms with Crippen molar-refractivity contribution >= 4 is 16.9 Å². The Morgan fingerprint density at radius 2 is 1.93 bits per heavy atom. The topological polar surface area (TPSA) is 46.9 Å². The van der Waals surface area contributed by atoms with Gasteiger partial charge < -0.3 is 9.88 Å². The number of hydrogen-bond donors (Lipinski definition) is 1. The number of para-hydroxylation sites is 2. The minimum Gasteiger partial charge on any atom is -0.356 e. The number of fused-ring (bicyclic) bond motifs is 1. The fourth-order valence-corrected chi connectivity index (χ4v) is 4.19. The third-order valence-corrected chi connectivity index (χ3v) is 5.63. The zero-order valence-electron chi connectivity index (χ0n) is 17.0. The van der Waals surface area contributed by atoms with Gasteiger partial charge in [0.05, 0.1) is 11.0 Å². The van der Waals surface area contributed by atoms with Gasteiger partial charge >= 0.3 is 0 Å². The highest BCUT2D eigenvalue weighted by molar-refractivity contribution is 5.78. The van der Waals surface area contributed by atoms with Gasteiger partial charge in [-0.25, -0.2) is 4.98 Å². The number of imidazole rings is 1. The molecule has 4 nitrogen and oxygen atoms in total. The number of carbonyl (C=O) groups excluding carboxylic acids is 1. The number of aromatic nitrogens is 2. The van der Waals surface area contributed by atoms with Crippen LogP contribution in [-0.4, -0.2) is 22.0 Å². The van der Waals surface area contributed by atoms with Gasteiger partial charge in [0.25, 0.3) is 0 Å². The van der Waals surface area contributed by atoms with E-state index in [0.717, 1.165) is 57.1 Å². The maximum absolute atomic E-state index is 12.2. The van der Waals surface area contributed by atoms with Crippen molar-refractivity contribution in [2.45, 2.75) is 78.2 Å². The minimum absolute atomic E-state index is 0.273. The molecule has 0 radical (unpaired) electrons. The van der Waals surface area contributed by atoms with E-state index in [0.29, 0.717) is 5.92 Å². The summed E-state index contributed by atoms with van der Waals surface area (Å²) < 4.78 is 2.39. The quantitative estimate of drug-likeness (QED) is 0.625. The fraction of sp³-hybridized carbons (Fsp3) is 0.652. The second kappa shape index (κ2) is 9.91. The number of nitrogens with zero attached hydrogens (tertiary/aromatic N) is 2. The van der Waals surface area contributed by atoms with Crippen LogP contribution >= 0.6 is 0 Å². The van der Waals surface area contributed by atoms with Crippen LogP contribution in [0.15, 0.2) is 24.3 Å². The van der Waals surface area contributed by atoms with Gasteiger partial charge in [0.15, 0.2) is 0 Å². The number of amides is 1. The summed E-state index contributed by atoms with van der Waals surface area (Å²) in [7, 11) is 0. The van der Waals surface area contributed by atoms with Gasteiger partial charge in [0, 0.05) is 25.4 Å². The van der Waals surface area contributed by atoms with Crippen LogP contribution in [0.25, 0.3) is 11.0 Å². The van der Waals surface area contributed by atoms with Crippen molar-refractivity contribution in [3.05, 3.63) is 30.1 Å². The highest BCUT2D eigenvalue weighted by atomic mass is 16.1. The Balaban J connectivity index is 1.43. The highest BCUT2D eigenvalue weighted by Gasteiger charge is 2.20. The average Bonchev–Trinajstić information content (AvgIpc) is 3.02. The normalized spacial score (nSPS) is 15.5. The molecule has 1 aromatic carbocycles. The predicted molar refractivity (Wildman–Crippen MR) is 112 cm³/mol. The lowest BCUT2D eigenvalue weighted by molar-refractivity contribution is -0.125. The van der Waals surface area contributed by atoms with Gasteiger partial charge in [-0.05, 0) is 43.7 Å². The van der Waals surface area contributed by atoms with E-state index in [1.165, 1.54) is 30.6 Å². The van der Waals surface area contributed by atoms with Gasteiger partial charge in [-0.15, -0.1) is 0 Å². The van der Waals surface area contributed by atoms with E-state index in [4.69, 9.17) is 4.98 Å². The van der Waals surface area contributed by atoms with Gasteiger partial charge in [-0.3, -0.25) is 4.79 Å². The molecule has 0 atom stereocenters. The van der Waals surface area contributed by atoms with Crippen LogP contribution in [0.5, 0.6) is 0 Å². The molecule has 148 valence electrons. The largest absolute Gasteiger partial charge is 0.356 e. The van der Waals surface area contributed by atoms with E-state index in [1.807, 2.05) is 0 Å². The Kier molecular flexibility index (Phi) is 7.31. The average molecular weight is 370 g/mol. The molecule has 0 spiro atoms. The highest BCUT2D eigenvalue weighted by Crippen LogP contribution is 2.23. The third kappa shape index (κ3) is 5.57. The number of rotatable bonds is 9. The number of nitrogens with one attached hydrogen (secondary N) is 1. The number of benzene rings is 1. The summed E-state index contributed by atoms with van der Waals surface area (Å²) in [6.45, 7) is 6.35. The summed E-state index contributed by atoms with van der Waals surface area (Å²) in [6.07, 6.45) is 10.2. The lowest BCUT2D eigenvalue weighted by atomic mass is 9.89. The molecule has 0 saturated heterocycles. The molecule has 3 rings (SSSR count). The van der Waals surface area contributed by atoms with Gasteiger partial charge in [0.1, 0.15) is 5.82 Å². The molecule has 0 aliphatic heterocycles. The lowest BCUT2D eigenvalue weighted by Gasteiger charge is -2.20. The molecule has 4 heteroatoms. The molecule has 2 aromatic rings. The van der Waals surface area contributed by atoms with E-state index >= 15 is 0 Å². The maximum Gasteiger partial charge on any atom is 0.223 e. The zero-order valence-corrected chi connectivity index (χ0v) is 17.0. The van der Waals surface area contributed by atoms with Crippen LogP contribution < -0.4 is 5.32 Å². The van der Waals surface area contributed by atoms with E-state index in [2.05, 4.69) is 48.0 Å². The molecule has 1 aliphatic rings. The summed E-state index contributed by atoms with van der Waals surface area (Å²) in [5.74, 6) is 2.37. The Hall–Kier alpha value is -1.84. The van der Waals surface area contributed by atoms with Crippen LogP contribution in [0, 0.1) is 11.8 Å². The van der Waals surface area contributed by atoms with Crippen molar-refractivity contribution in [1.29, 1.82) is 0 Å².